The Labute approximate surface area is 353 Å². The molecule has 2 aliphatic rings. The number of fused-ring (bicyclic) bond motifs is 6. The van der Waals surface area contributed by atoms with Gasteiger partial charge in [-0.2, -0.15) is 0 Å². The van der Waals surface area contributed by atoms with Gasteiger partial charge >= 0.3 is 12.2 Å². The van der Waals surface area contributed by atoms with Crippen molar-refractivity contribution < 1.29 is 33.4 Å². The maximum Gasteiger partial charge on any atom is 0.407 e. The van der Waals surface area contributed by atoms with Crippen molar-refractivity contribution >= 4 is 56.6 Å². The molecule has 15 nitrogen and oxygen atoms in total. The zero-order chi connectivity index (χ0) is 42.9. The van der Waals surface area contributed by atoms with E-state index in [9.17, 15) is 19.2 Å². The number of amides is 4. The number of aromatic nitrogens is 4. The van der Waals surface area contributed by atoms with Crippen LogP contribution >= 0.6 is 0 Å². The van der Waals surface area contributed by atoms with Crippen LogP contribution in [0.15, 0.2) is 72.9 Å². The summed E-state index contributed by atoms with van der Waals surface area (Å²) in [6.07, 6.45) is 3.03. The smallest absolute Gasteiger partial charge is 0.407 e. The van der Waals surface area contributed by atoms with Gasteiger partial charge in [0.15, 0.2) is 0 Å². The minimum absolute atomic E-state index is 0.129. The molecule has 61 heavy (non-hydrogen) atoms. The Morgan fingerprint density at radius 3 is 1.92 bits per heavy atom. The average Bonchev–Trinajstić information content (AvgIpc) is 4.13. The number of aromatic amines is 2. The number of alkyl carbamates (subject to hydrolysis) is 2. The molecule has 5 atom stereocenters. The highest BCUT2D eigenvalue weighted by Crippen LogP contribution is 2.40. The van der Waals surface area contributed by atoms with E-state index in [0.29, 0.717) is 18.9 Å². The molecule has 4 amide bonds. The lowest BCUT2D eigenvalue weighted by atomic mass is 9.95. The number of H-pyrrole nitrogens is 2. The van der Waals surface area contributed by atoms with Gasteiger partial charge in [0.2, 0.25) is 11.8 Å². The molecule has 4 aromatic carbocycles. The summed E-state index contributed by atoms with van der Waals surface area (Å²) in [5.41, 5.74) is 5.66. The second-order valence-corrected chi connectivity index (χ2v) is 16.2. The molecule has 4 heterocycles. The third-order valence-corrected chi connectivity index (χ3v) is 12.3. The number of nitrogens with zero attached hydrogens (tertiary/aromatic N) is 4. The van der Waals surface area contributed by atoms with Gasteiger partial charge in [-0.25, -0.2) is 19.6 Å². The molecule has 0 bridgehead atoms. The fourth-order valence-electron chi connectivity index (χ4n) is 8.91. The standard InChI is InChI=1S/C46H52N8O7/c1-25(2)37(51-45(57)60-5)43(55)54-22-10-14-36(54)42-49-39-31-12-8-7-11-30(31)33-23-29(19-20-32(33)40(39)50-42)27-15-17-28(18-16-27)34-24-47-41(48-34)35-13-9-21-53(35)44(56)38(26(3)59-4)52-46(58)61-6/h7-8,11-12,15-20,23-26,35-38H,9-10,13-14,21-22H2,1-6H3,(H,47,48)(H,49,50)(H,51,57)(H,52,58)/t26-,35+,36+,37+,38+/m1/s1. The van der Waals surface area contributed by atoms with E-state index in [2.05, 4.69) is 75.2 Å². The van der Waals surface area contributed by atoms with E-state index in [1.807, 2.05) is 30.9 Å². The van der Waals surface area contributed by atoms with Crippen LogP contribution in [-0.4, -0.2) is 106 Å². The highest BCUT2D eigenvalue weighted by atomic mass is 16.5. The van der Waals surface area contributed by atoms with Crippen LogP contribution in [0.1, 0.15) is 70.2 Å². The molecule has 0 spiro atoms. The van der Waals surface area contributed by atoms with Crippen molar-refractivity contribution in [3.8, 4) is 22.4 Å². The summed E-state index contributed by atoms with van der Waals surface area (Å²) in [7, 11) is 4.06. The number of ether oxygens (including phenoxy) is 3. The Bertz CT molecular complexity index is 2600. The number of likely N-dealkylation sites (tertiary alicyclic amines) is 2. The van der Waals surface area contributed by atoms with Crippen molar-refractivity contribution in [1.29, 1.82) is 0 Å². The van der Waals surface area contributed by atoms with Crippen molar-refractivity contribution in [2.45, 2.75) is 76.7 Å². The fraction of sp³-hybridized carbons (Fsp3) is 0.391. The Hall–Kier alpha value is -6.48. The third-order valence-electron chi connectivity index (χ3n) is 12.3. The second kappa shape index (κ2) is 17.2. The lowest BCUT2D eigenvalue weighted by Gasteiger charge is -2.30. The SMILES string of the molecule is COC(=O)N[C@H](C(=O)N1CCC[C@H]1c1nc2c3ccccc3c3cc(-c4ccc(-c5cnc([C@@H]6CCCN6C(=O)[C@@H](NC(=O)OC)[C@@H](C)OC)[nH]5)cc4)ccc3c2[nH]1)C(C)C. The molecule has 8 rings (SSSR count). The first-order valence-electron chi connectivity index (χ1n) is 20.8. The van der Waals surface area contributed by atoms with Crippen LogP contribution in [0.4, 0.5) is 9.59 Å². The number of hydrogen-bond donors (Lipinski definition) is 4. The van der Waals surface area contributed by atoms with Crippen molar-refractivity contribution in [2.75, 3.05) is 34.4 Å². The van der Waals surface area contributed by atoms with E-state index in [0.717, 1.165) is 86.5 Å². The van der Waals surface area contributed by atoms with Crippen LogP contribution in [0.3, 0.4) is 0 Å². The van der Waals surface area contributed by atoms with E-state index < -0.39 is 30.4 Å². The number of carbonyl (C=O) groups is 4. The molecule has 2 saturated heterocycles. The Balaban J connectivity index is 1.06. The summed E-state index contributed by atoms with van der Waals surface area (Å²) in [5.74, 6) is 0.889. The summed E-state index contributed by atoms with van der Waals surface area (Å²) in [6, 6.07) is 20.9. The van der Waals surface area contributed by atoms with Crippen molar-refractivity contribution in [3.05, 3.63) is 84.6 Å². The van der Waals surface area contributed by atoms with Crippen LogP contribution in [0.25, 0.3) is 55.0 Å². The van der Waals surface area contributed by atoms with E-state index in [1.165, 1.54) is 21.3 Å². The van der Waals surface area contributed by atoms with Crippen molar-refractivity contribution in [2.24, 2.45) is 5.92 Å². The lowest BCUT2D eigenvalue weighted by Crippen LogP contribution is -2.54. The molecule has 0 saturated carbocycles. The fourth-order valence-corrected chi connectivity index (χ4v) is 8.91. The largest absolute Gasteiger partial charge is 0.453 e. The van der Waals surface area contributed by atoms with Crippen molar-refractivity contribution in [1.82, 2.24) is 40.4 Å². The third kappa shape index (κ3) is 7.85. The van der Waals surface area contributed by atoms with E-state index in [-0.39, 0.29) is 29.8 Å². The topological polar surface area (TPSA) is 184 Å². The normalized spacial score (nSPS) is 18.1. The predicted octanol–water partition coefficient (Wildman–Crippen LogP) is 7.39. The first-order valence-corrected chi connectivity index (χ1v) is 20.8. The number of rotatable bonds is 11. The Kier molecular flexibility index (Phi) is 11.7. The maximum atomic E-state index is 13.9. The zero-order valence-electron chi connectivity index (χ0n) is 35.3. The van der Waals surface area contributed by atoms with Crippen LogP contribution < -0.4 is 10.6 Å². The van der Waals surface area contributed by atoms with Gasteiger partial charge in [-0.05, 0) is 72.1 Å². The summed E-state index contributed by atoms with van der Waals surface area (Å²) in [5, 5.41) is 9.58. The van der Waals surface area contributed by atoms with Gasteiger partial charge in [0.1, 0.15) is 23.7 Å². The maximum absolute atomic E-state index is 13.9. The lowest BCUT2D eigenvalue weighted by molar-refractivity contribution is -0.137. The predicted molar refractivity (Wildman–Crippen MR) is 231 cm³/mol. The quantitative estimate of drug-likeness (QED) is 0.0968. The van der Waals surface area contributed by atoms with Crippen LogP contribution in [-0.2, 0) is 23.8 Å². The van der Waals surface area contributed by atoms with Gasteiger partial charge in [0.25, 0.3) is 0 Å². The van der Waals surface area contributed by atoms with Crippen molar-refractivity contribution in [3.63, 3.8) is 0 Å². The Morgan fingerprint density at radius 2 is 1.28 bits per heavy atom. The number of hydrogen-bond acceptors (Lipinski definition) is 9. The molecule has 0 unspecified atom stereocenters. The Morgan fingerprint density at radius 1 is 0.689 bits per heavy atom. The van der Waals surface area contributed by atoms with Gasteiger partial charge in [0.05, 0.1) is 55.3 Å². The highest BCUT2D eigenvalue weighted by Gasteiger charge is 2.40. The molecule has 2 aliphatic heterocycles. The average molecular weight is 829 g/mol. The van der Waals surface area contributed by atoms with Crippen LogP contribution in [0.5, 0.6) is 0 Å². The van der Waals surface area contributed by atoms with Crippen LogP contribution in [0, 0.1) is 5.92 Å². The van der Waals surface area contributed by atoms with E-state index >= 15 is 0 Å². The molecule has 4 N–H and O–H groups in total. The number of benzene rings is 4. The molecule has 0 aliphatic carbocycles. The van der Waals surface area contributed by atoms with E-state index in [4.69, 9.17) is 24.2 Å². The van der Waals surface area contributed by atoms with Gasteiger partial charge in [0, 0.05) is 31.0 Å². The number of carbonyl (C=O) groups excluding carboxylic acids is 4. The molecule has 15 heteroatoms. The van der Waals surface area contributed by atoms with Gasteiger partial charge in [-0.1, -0.05) is 74.5 Å². The number of imidazole rings is 2. The monoisotopic (exact) mass is 828 g/mol. The minimum Gasteiger partial charge on any atom is -0.453 e. The molecular formula is C46H52N8O7. The summed E-state index contributed by atoms with van der Waals surface area (Å²) in [6.45, 7) is 6.67. The highest BCUT2D eigenvalue weighted by molar-refractivity contribution is 6.23. The summed E-state index contributed by atoms with van der Waals surface area (Å²) in [4.78, 5) is 72.4. The summed E-state index contributed by atoms with van der Waals surface area (Å²) < 4.78 is 15.0. The molecule has 318 valence electrons. The second-order valence-electron chi connectivity index (χ2n) is 16.2. The number of nitrogens with one attached hydrogen (secondary N) is 4. The molecular weight excluding hydrogens is 777 g/mol. The molecule has 0 radical (unpaired) electrons. The molecule has 2 fully saturated rings. The first kappa shape index (κ1) is 41.3. The van der Waals surface area contributed by atoms with E-state index in [1.54, 1.807) is 18.0 Å². The minimum atomic E-state index is -0.905. The molecule has 6 aromatic rings. The van der Waals surface area contributed by atoms with Gasteiger partial charge < -0.3 is 44.6 Å². The number of methoxy groups -OCH3 is 3. The summed E-state index contributed by atoms with van der Waals surface area (Å²) >= 11 is 0. The first-order chi connectivity index (χ1) is 29.5. The zero-order valence-corrected chi connectivity index (χ0v) is 35.3. The van der Waals surface area contributed by atoms with Gasteiger partial charge in [-0.15, -0.1) is 0 Å². The van der Waals surface area contributed by atoms with Crippen LogP contribution in [0.2, 0.25) is 0 Å². The van der Waals surface area contributed by atoms with Gasteiger partial charge in [-0.3, -0.25) is 9.59 Å². The molecule has 2 aromatic heterocycles.